The predicted molar refractivity (Wildman–Crippen MR) is 94.2 cm³/mol. The minimum Gasteiger partial charge on any atom is -0.324 e. The molecule has 0 aliphatic rings. The smallest absolute Gasteiger partial charge is 0.324 e. The first-order valence-electron chi connectivity index (χ1n) is 8.31. The Bertz CT molecular complexity index is 878. The van der Waals surface area contributed by atoms with E-state index in [0.29, 0.717) is 0 Å². The second-order valence-corrected chi connectivity index (χ2v) is 6.49. The molecule has 0 atom stereocenters. The monoisotopic (exact) mass is 442 g/mol. The number of amides is 1. The minimum absolute atomic E-state index is 0.150. The Morgan fingerprint density at radius 1 is 1.17 bits per heavy atom. The van der Waals surface area contributed by atoms with Gasteiger partial charge in [-0.2, -0.15) is 31.4 Å². The summed E-state index contributed by atoms with van der Waals surface area (Å²) in [4.78, 5) is 13.5. The summed E-state index contributed by atoms with van der Waals surface area (Å²) >= 11 is 5.91. The molecule has 5 nitrogen and oxygen atoms in total. The van der Waals surface area contributed by atoms with Crippen molar-refractivity contribution in [3.8, 4) is 0 Å². The molecule has 0 unspecified atom stereocenters. The average molecular weight is 443 g/mol. The number of halogens is 7. The molecule has 0 radical (unpaired) electrons. The van der Waals surface area contributed by atoms with Gasteiger partial charge in [-0.05, 0) is 18.7 Å². The second-order valence-electron chi connectivity index (χ2n) is 6.13. The van der Waals surface area contributed by atoms with Gasteiger partial charge in [-0.3, -0.25) is 14.4 Å². The molecule has 0 aliphatic heterocycles. The number of hydrogen-bond acceptors (Lipinski definition) is 3. The van der Waals surface area contributed by atoms with Crippen LogP contribution in [0, 0.1) is 0 Å². The fraction of sp³-hybridized carbons (Fsp3) is 0.412. The van der Waals surface area contributed by atoms with Crippen LogP contribution in [0.2, 0.25) is 5.15 Å². The standard InChI is InChI=1S/C17H17ClF6N4O/c1-3-28(8-10-14(17(22,23)24)26-27(2)15(10)18)9-13(29)25-12-7-5-4-6-11(12)16(19,20)21/h4-7H,3,8-9H2,1-2H3,(H,25,29). The van der Waals surface area contributed by atoms with Gasteiger partial charge in [0.2, 0.25) is 5.91 Å². The zero-order valence-electron chi connectivity index (χ0n) is 15.3. The number of para-hydroxylation sites is 1. The Labute approximate surface area is 167 Å². The fourth-order valence-electron chi connectivity index (χ4n) is 2.65. The maximum Gasteiger partial charge on any atom is 0.435 e. The van der Waals surface area contributed by atoms with E-state index in [1.54, 1.807) is 6.92 Å². The van der Waals surface area contributed by atoms with E-state index >= 15 is 0 Å². The van der Waals surface area contributed by atoms with Crippen LogP contribution in [-0.2, 0) is 30.7 Å². The molecule has 12 heteroatoms. The summed E-state index contributed by atoms with van der Waals surface area (Å²) in [6.07, 6.45) is -9.41. The number of aryl methyl sites for hydroxylation is 1. The van der Waals surface area contributed by atoms with Crippen molar-refractivity contribution in [3.05, 3.63) is 46.2 Å². The number of likely N-dealkylation sites (N-methyl/N-ethyl adjacent to an activating group) is 1. The molecule has 29 heavy (non-hydrogen) atoms. The minimum atomic E-state index is -4.74. The van der Waals surface area contributed by atoms with Crippen LogP contribution in [0.1, 0.15) is 23.7 Å². The molecule has 1 aromatic heterocycles. The van der Waals surface area contributed by atoms with Crippen molar-refractivity contribution < 1.29 is 31.1 Å². The third-order valence-corrected chi connectivity index (χ3v) is 4.51. The highest BCUT2D eigenvalue weighted by molar-refractivity contribution is 6.30. The predicted octanol–water partition coefficient (Wildman–Crippen LogP) is 4.57. The molecule has 2 rings (SSSR count). The molecule has 1 heterocycles. The van der Waals surface area contributed by atoms with Gasteiger partial charge in [-0.1, -0.05) is 30.7 Å². The van der Waals surface area contributed by atoms with Crippen molar-refractivity contribution in [2.45, 2.75) is 25.8 Å². The topological polar surface area (TPSA) is 50.2 Å². The number of aromatic nitrogens is 2. The van der Waals surface area contributed by atoms with E-state index in [4.69, 9.17) is 11.6 Å². The second kappa shape index (κ2) is 8.62. The molecule has 1 N–H and O–H groups in total. The number of carbonyl (C=O) groups is 1. The maximum atomic E-state index is 13.2. The van der Waals surface area contributed by atoms with E-state index < -0.39 is 41.7 Å². The summed E-state index contributed by atoms with van der Waals surface area (Å²) in [7, 11) is 1.25. The van der Waals surface area contributed by atoms with Crippen molar-refractivity contribution in [2.24, 2.45) is 7.05 Å². The Morgan fingerprint density at radius 2 is 1.79 bits per heavy atom. The van der Waals surface area contributed by atoms with Crippen LogP contribution in [0.4, 0.5) is 32.0 Å². The van der Waals surface area contributed by atoms with E-state index in [1.165, 1.54) is 24.1 Å². The van der Waals surface area contributed by atoms with Gasteiger partial charge in [0.05, 0.1) is 17.8 Å². The first kappa shape index (κ1) is 23.0. The zero-order chi connectivity index (χ0) is 22.0. The summed E-state index contributed by atoms with van der Waals surface area (Å²) in [5.41, 5.74) is -2.94. The lowest BCUT2D eigenvalue weighted by Crippen LogP contribution is -2.33. The van der Waals surface area contributed by atoms with Crippen molar-refractivity contribution in [2.75, 3.05) is 18.4 Å². The third kappa shape index (κ3) is 5.63. The molecule has 1 amide bonds. The molecule has 1 aromatic carbocycles. The van der Waals surface area contributed by atoms with E-state index in [1.807, 2.05) is 0 Å². The number of nitrogens with one attached hydrogen (secondary N) is 1. The Balaban J connectivity index is 2.17. The summed E-state index contributed by atoms with van der Waals surface area (Å²) in [5, 5.41) is 5.28. The van der Waals surface area contributed by atoms with Gasteiger partial charge in [0.25, 0.3) is 0 Å². The van der Waals surface area contributed by atoms with Gasteiger partial charge < -0.3 is 5.32 Å². The first-order chi connectivity index (χ1) is 13.3. The van der Waals surface area contributed by atoms with Gasteiger partial charge >= 0.3 is 12.4 Å². The van der Waals surface area contributed by atoms with Crippen LogP contribution in [0.25, 0.3) is 0 Å². The van der Waals surface area contributed by atoms with Gasteiger partial charge in [-0.15, -0.1) is 0 Å². The largest absolute Gasteiger partial charge is 0.435 e. The molecule has 0 aliphatic carbocycles. The van der Waals surface area contributed by atoms with E-state index in [0.717, 1.165) is 16.8 Å². The van der Waals surface area contributed by atoms with E-state index in [-0.39, 0.29) is 23.8 Å². The molecule has 0 saturated heterocycles. The number of carbonyl (C=O) groups excluding carboxylic acids is 1. The van der Waals surface area contributed by atoms with Crippen LogP contribution >= 0.6 is 11.6 Å². The van der Waals surface area contributed by atoms with Gasteiger partial charge in [0.15, 0.2) is 5.69 Å². The molecule has 160 valence electrons. The number of anilines is 1. The van der Waals surface area contributed by atoms with Gasteiger partial charge in [0.1, 0.15) is 5.15 Å². The lowest BCUT2D eigenvalue weighted by atomic mass is 10.1. The highest BCUT2D eigenvalue weighted by Crippen LogP contribution is 2.36. The first-order valence-corrected chi connectivity index (χ1v) is 8.69. The van der Waals surface area contributed by atoms with Gasteiger partial charge in [-0.25, -0.2) is 0 Å². The summed E-state index contributed by atoms with van der Waals surface area (Å²) in [6, 6.07) is 4.42. The molecule has 0 fully saturated rings. The number of alkyl halides is 6. The molecular formula is C17H17ClF6N4O. The lowest BCUT2D eigenvalue weighted by Gasteiger charge is -2.21. The van der Waals surface area contributed by atoms with Crippen LogP contribution < -0.4 is 5.32 Å². The van der Waals surface area contributed by atoms with E-state index in [2.05, 4.69) is 10.4 Å². The fourth-order valence-corrected chi connectivity index (χ4v) is 2.84. The Hall–Kier alpha value is -2.27. The van der Waals surface area contributed by atoms with Crippen molar-refractivity contribution >= 4 is 23.2 Å². The summed E-state index contributed by atoms with van der Waals surface area (Å²) in [5.74, 6) is -0.808. The van der Waals surface area contributed by atoms with Gasteiger partial charge in [0, 0.05) is 19.2 Å². The van der Waals surface area contributed by atoms with Crippen LogP contribution in [0.3, 0.4) is 0 Å². The third-order valence-electron chi connectivity index (χ3n) is 4.04. The van der Waals surface area contributed by atoms with Crippen LogP contribution in [-0.4, -0.2) is 33.7 Å². The SMILES string of the molecule is CCN(CC(=O)Nc1ccccc1C(F)(F)F)Cc1c(C(F)(F)F)nn(C)c1Cl. The molecule has 2 aromatic rings. The Kier molecular flexibility index (Phi) is 6.84. The summed E-state index contributed by atoms with van der Waals surface area (Å²) < 4.78 is 79.4. The summed E-state index contributed by atoms with van der Waals surface area (Å²) in [6.45, 7) is 0.947. The van der Waals surface area contributed by atoms with Crippen molar-refractivity contribution in [1.29, 1.82) is 0 Å². The van der Waals surface area contributed by atoms with Crippen LogP contribution in [0.5, 0.6) is 0 Å². The molecule has 0 saturated carbocycles. The maximum absolute atomic E-state index is 13.2. The lowest BCUT2D eigenvalue weighted by molar-refractivity contribution is -0.142. The molecular weight excluding hydrogens is 426 g/mol. The zero-order valence-corrected chi connectivity index (χ0v) is 16.1. The number of rotatable bonds is 6. The highest BCUT2D eigenvalue weighted by atomic mass is 35.5. The van der Waals surface area contributed by atoms with Crippen LogP contribution in [0.15, 0.2) is 24.3 Å². The van der Waals surface area contributed by atoms with Crippen molar-refractivity contribution in [3.63, 3.8) is 0 Å². The quantitative estimate of drug-likeness (QED) is 0.667. The van der Waals surface area contributed by atoms with E-state index in [9.17, 15) is 31.1 Å². The number of hydrogen-bond donors (Lipinski definition) is 1. The average Bonchev–Trinajstić information content (AvgIpc) is 2.89. The normalized spacial score (nSPS) is 12.5. The molecule has 0 bridgehead atoms. The van der Waals surface area contributed by atoms with Crippen molar-refractivity contribution in [1.82, 2.24) is 14.7 Å². The Morgan fingerprint density at radius 3 is 2.34 bits per heavy atom. The number of nitrogens with zero attached hydrogens (tertiary/aromatic N) is 3. The highest BCUT2D eigenvalue weighted by Gasteiger charge is 2.39. The molecule has 0 spiro atoms. The number of benzene rings is 1.